The van der Waals surface area contributed by atoms with E-state index in [2.05, 4.69) is 15.5 Å². The molecule has 0 radical (unpaired) electrons. The lowest BCUT2D eigenvalue weighted by atomic mass is 10.1. The third kappa shape index (κ3) is 3.18. The highest BCUT2D eigenvalue weighted by Crippen LogP contribution is 2.09. The lowest BCUT2D eigenvalue weighted by molar-refractivity contribution is 0.249. The van der Waals surface area contributed by atoms with Crippen LogP contribution in [0.3, 0.4) is 0 Å². The van der Waals surface area contributed by atoms with Crippen LogP contribution >= 0.6 is 0 Å². The van der Waals surface area contributed by atoms with E-state index in [9.17, 15) is 0 Å². The number of hydrogen-bond donors (Lipinski definition) is 2. The molecule has 0 saturated carbocycles. The van der Waals surface area contributed by atoms with Gasteiger partial charge in [-0.05, 0) is 18.1 Å². The molecular weight excluding hydrogens is 192 g/mol. The number of nitrogens with one attached hydrogen (secondary N) is 1. The van der Waals surface area contributed by atoms with Crippen molar-refractivity contribution >= 4 is 5.82 Å². The van der Waals surface area contributed by atoms with Gasteiger partial charge in [-0.2, -0.15) is 5.26 Å². The largest absolute Gasteiger partial charge is 0.394 e. The van der Waals surface area contributed by atoms with E-state index in [1.54, 1.807) is 12.1 Å². The second-order valence-corrected chi connectivity index (χ2v) is 3.59. The fourth-order valence-corrected chi connectivity index (χ4v) is 1.08. The lowest BCUT2D eigenvalue weighted by Gasteiger charge is -2.19. The quantitative estimate of drug-likeness (QED) is 0.760. The molecule has 1 heterocycles. The molecule has 0 spiro atoms. The Hall–Kier alpha value is -1.67. The SMILES string of the molecule is CC(C)[C@@H](CO)Nc1ccc(C#N)nn1. The molecule has 2 N–H and O–H groups in total. The van der Waals surface area contributed by atoms with Crippen molar-refractivity contribution in [1.29, 1.82) is 5.26 Å². The molecule has 0 saturated heterocycles. The lowest BCUT2D eigenvalue weighted by Crippen LogP contribution is -2.29. The van der Waals surface area contributed by atoms with Gasteiger partial charge >= 0.3 is 0 Å². The summed E-state index contributed by atoms with van der Waals surface area (Å²) in [6, 6.07) is 5.11. The molecule has 1 atom stereocenters. The highest BCUT2D eigenvalue weighted by atomic mass is 16.3. The van der Waals surface area contributed by atoms with Gasteiger partial charge in [0.15, 0.2) is 5.69 Å². The zero-order valence-corrected chi connectivity index (χ0v) is 8.81. The standard InChI is InChI=1S/C10H14N4O/c1-7(2)9(6-15)12-10-4-3-8(5-11)13-14-10/h3-4,7,9,15H,6H2,1-2H3,(H,12,14)/t9-/m1/s1. The van der Waals surface area contributed by atoms with Crippen LogP contribution in [0.15, 0.2) is 12.1 Å². The first-order valence-corrected chi connectivity index (χ1v) is 4.78. The molecule has 0 bridgehead atoms. The first-order chi connectivity index (χ1) is 7.17. The van der Waals surface area contributed by atoms with E-state index >= 15 is 0 Å². The fourth-order valence-electron chi connectivity index (χ4n) is 1.08. The van der Waals surface area contributed by atoms with Gasteiger partial charge in [0.25, 0.3) is 0 Å². The summed E-state index contributed by atoms with van der Waals surface area (Å²) in [6.45, 7) is 4.05. The predicted molar refractivity (Wildman–Crippen MR) is 56.1 cm³/mol. The molecule has 0 fully saturated rings. The number of hydrogen-bond acceptors (Lipinski definition) is 5. The van der Waals surface area contributed by atoms with Crippen molar-refractivity contribution in [2.75, 3.05) is 11.9 Å². The summed E-state index contributed by atoms with van der Waals surface area (Å²) in [5, 5.41) is 28.2. The number of nitriles is 1. The smallest absolute Gasteiger partial charge is 0.163 e. The maximum Gasteiger partial charge on any atom is 0.163 e. The minimum atomic E-state index is -0.0489. The zero-order valence-electron chi connectivity index (χ0n) is 8.81. The molecule has 0 aliphatic heterocycles. The second kappa shape index (κ2) is 5.27. The molecule has 15 heavy (non-hydrogen) atoms. The summed E-state index contributed by atoms with van der Waals surface area (Å²) in [6.07, 6.45) is 0. The van der Waals surface area contributed by atoms with Crippen molar-refractivity contribution in [3.63, 3.8) is 0 Å². The topological polar surface area (TPSA) is 81.8 Å². The van der Waals surface area contributed by atoms with Crippen molar-refractivity contribution in [1.82, 2.24) is 10.2 Å². The summed E-state index contributed by atoms with van der Waals surface area (Å²) < 4.78 is 0. The Kier molecular flexibility index (Phi) is 4.01. The number of aliphatic hydroxyl groups excluding tert-OH is 1. The minimum Gasteiger partial charge on any atom is -0.394 e. The van der Waals surface area contributed by atoms with E-state index in [4.69, 9.17) is 10.4 Å². The Labute approximate surface area is 88.8 Å². The summed E-state index contributed by atoms with van der Waals surface area (Å²) in [4.78, 5) is 0. The highest BCUT2D eigenvalue weighted by molar-refractivity contribution is 5.36. The summed E-state index contributed by atoms with van der Waals surface area (Å²) >= 11 is 0. The van der Waals surface area contributed by atoms with Crippen LogP contribution in [0.1, 0.15) is 19.5 Å². The normalized spacial score (nSPS) is 12.2. The zero-order chi connectivity index (χ0) is 11.3. The van der Waals surface area contributed by atoms with Gasteiger partial charge < -0.3 is 10.4 Å². The second-order valence-electron chi connectivity index (χ2n) is 3.59. The van der Waals surface area contributed by atoms with Crippen LogP contribution in [0, 0.1) is 17.2 Å². The van der Waals surface area contributed by atoms with Crippen LogP contribution in [0.25, 0.3) is 0 Å². The average molecular weight is 206 g/mol. The number of aromatic nitrogens is 2. The molecule has 0 aliphatic carbocycles. The third-order valence-corrected chi connectivity index (χ3v) is 2.11. The molecule has 1 rings (SSSR count). The van der Waals surface area contributed by atoms with Crippen LogP contribution in [0.5, 0.6) is 0 Å². The van der Waals surface area contributed by atoms with E-state index in [0.29, 0.717) is 11.7 Å². The summed E-state index contributed by atoms with van der Waals surface area (Å²) in [5.41, 5.74) is 0.283. The van der Waals surface area contributed by atoms with Gasteiger partial charge in [-0.25, -0.2) is 0 Å². The van der Waals surface area contributed by atoms with Crippen LogP contribution in [-0.4, -0.2) is 28.0 Å². The van der Waals surface area contributed by atoms with E-state index in [0.717, 1.165) is 0 Å². The minimum absolute atomic E-state index is 0.0410. The number of anilines is 1. The van der Waals surface area contributed by atoms with Crippen molar-refractivity contribution in [3.05, 3.63) is 17.8 Å². The molecule has 0 unspecified atom stereocenters. The van der Waals surface area contributed by atoms with Gasteiger partial charge in [0.2, 0.25) is 0 Å². The number of nitrogens with zero attached hydrogens (tertiary/aromatic N) is 3. The monoisotopic (exact) mass is 206 g/mol. The van der Waals surface area contributed by atoms with E-state index in [1.165, 1.54) is 0 Å². The molecule has 80 valence electrons. The fraction of sp³-hybridized carbons (Fsp3) is 0.500. The van der Waals surface area contributed by atoms with Crippen molar-refractivity contribution in [2.45, 2.75) is 19.9 Å². The van der Waals surface area contributed by atoms with Gasteiger partial charge in [-0.15, -0.1) is 10.2 Å². The molecule has 5 nitrogen and oxygen atoms in total. The van der Waals surface area contributed by atoms with Gasteiger partial charge in [0.1, 0.15) is 11.9 Å². The Bertz CT molecular complexity index is 341. The molecule has 1 aromatic heterocycles. The van der Waals surface area contributed by atoms with Crippen LogP contribution in [0.2, 0.25) is 0 Å². The van der Waals surface area contributed by atoms with Crippen LogP contribution in [0.4, 0.5) is 5.82 Å². The van der Waals surface area contributed by atoms with E-state index < -0.39 is 0 Å². The Balaban J connectivity index is 2.68. The first-order valence-electron chi connectivity index (χ1n) is 4.78. The Morgan fingerprint density at radius 3 is 2.60 bits per heavy atom. The van der Waals surface area contributed by atoms with E-state index in [-0.39, 0.29) is 18.3 Å². The van der Waals surface area contributed by atoms with Crippen molar-refractivity contribution in [2.24, 2.45) is 5.92 Å². The van der Waals surface area contributed by atoms with Gasteiger partial charge in [0.05, 0.1) is 12.6 Å². The number of rotatable bonds is 4. The predicted octanol–water partition coefficient (Wildman–Crippen LogP) is 0.777. The van der Waals surface area contributed by atoms with Crippen molar-refractivity contribution in [3.8, 4) is 6.07 Å². The third-order valence-electron chi connectivity index (χ3n) is 2.11. The summed E-state index contributed by atoms with van der Waals surface area (Å²) in [7, 11) is 0. The van der Waals surface area contributed by atoms with E-state index in [1.807, 2.05) is 19.9 Å². The van der Waals surface area contributed by atoms with Gasteiger partial charge in [0, 0.05) is 0 Å². The van der Waals surface area contributed by atoms with Crippen molar-refractivity contribution < 1.29 is 5.11 Å². The molecule has 0 aromatic carbocycles. The van der Waals surface area contributed by atoms with Crippen LogP contribution in [-0.2, 0) is 0 Å². The maximum atomic E-state index is 9.10. The Morgan fingerprint density at radius 2 is 2.20 bits per heavy atom. The van der Waals surface area contributed by atoms with Gasteiger partial charge in [-0.1, -0.05) is 13.8 Å². The van der Waals surface area contributed by atoms with Gasteiger partial charge in [-0.3, -0.25) is 0 Å². The first kappa shape index (κ1) is 11.4. The highest BCUT2D eigenvalue weighted by Gasteiger charge is 2.12. The molecule has 5 heteroatoms. The molecule has 0 amide bonds. The van der Waals surface area contributed by atoms with Crippen LogP contribution < -0.4 is 5.32 Å². The Morgan fingerprint density at radius 1 is 1.47 bits per heavy atom. The molecule has 1 aromatic rings. The summed E-state index contributed by atoms with van der Waals surface area (Å²) in [5.74, 6) is 0.870. The molecule has 0 aliphatic rings. The average Bonchev–Trinajstić information content (AvgIpc) is 2.26. The molecular formula is C10H14N4O. The number of aliphatic hydroxyl groups is 1. The maximum absolute atomic E-state index is 9.10.